The van der Waals surface area contributed by atoms with Crippen LogP contribution in [0.2, 0.25) is 0 Å². The number of anilines is 1. The van der Waals surface area contributed by atoms with Gasteiger partial charge in [0.15, 0.2) is 0 Å². The summed E-state index contributed by atoms with van der Waals surface area (Å²) in [5, 5.41) is 8.18. The van der Waals surface area contributed by atoms with E-state index in [2.05, 4.69) is 35.9 Å². The van der Waals surface area contributed by atoms with Crippen molar-refractivity contribution in [2.45, 2.75) is 77.6 Å². The largest absolute Gasteiger partial charge is 0.453 e. The van der Waals surface area contributed by atoms with Crippen molar-refractivity contribution in [1.29, 1.82) is 0 Å². The number of H-pyrrole nitrogens is 2. The Labute approximate surface area is 332 Å². The highest BCUT2D eigenvalue weighted by Crippen LogP contribution is 2.33. The highest BCUT2D eigenvalue weighted by molar-refractivity contribution is 5.95. The van der Waals surface area contributed by atoms with Gasteiger partial charge in [0, 0.05) is 13.0 Å². The number of aromatic amines is 2. The van der Waals surface area contributed by atoms with Crippen LogP contribution < -0.4 is 16.0 Å². The van der Waals surface area contributed by atoms with Crippen LogP contribution in [0.15, 0.2) is 91.3 Å². The van der Waals surface area contributed by atoms with E-state index in [9.17, 15) is 19.2 Å². The average Bonchev–Trinajstić information content (AvgIpc) is 3.98. The van der Waals surface area contributed by atoms with Crippen LogP contribution >= 0.6 is 0 Å². The number of benzene rings is 3. The highest BCUT2D eigenvalue weighted by Gasteiger charge is 2.37. The summed E-state index contributed by atoms with van der Waals surface area (Å²) in [7, 11) is 1.28. The third kappa shape index (κ3) is 10.3. The van der Waals surface area contributed by atoms with Crippen LogP contribution in [0.3, 0.4) is 0 Å². The van der Waals surface area contributed by atoms with Gasteiger partial charge in [-0.2, -0.15) is 0 Å². The molecule has 5 N–H and O–H groups in total. The number of methoxy groups -OCH3 is 1. The van der Waals surface area contributed by atoms with Crippen molar-refractivity contribution in [1.82, 2.24) is 35.5 Å². The molecule has 1 fully saturated rings. The van der Waals surface area contributed by atoms with E-state index < -0.39 is 35.8 Å². The maximum Gasteiger partial charge on any atom is 0.408 e. The lowest BCUT2D eigenvalue weighted by Crippen LogP contribution is -2.51. The lowest BCUT2D eigenvalue weighted by molar-refractivity contribution is -0.135. The fourth-order valence-electron chi connectivity index (χ4n) is 6.77. The van der Waals surface area contributed by atoms with Gasteiger partial charge in [-0.15, -0.1) is 0 Å². The molecule has 14 heteroatoms. The van der Waals surface area contributed by atoms with Crippen molar-refractivity contribution < 1.29 is 28.7 Å². The number of nitrogens with one attached hydrogen (secondary N) is 5. The summed E-state index contributed by atoms with van der Waals surface area (Å²) >= 11 is 0. The Morgan fingerprint density at radius 1 is 0.807 bits per heavy atom. The summed E-state index contributed by atoms with van der Waals surface area (Å²) in [6, 6.07) is 23.8. The number of carbonyl (C=O) groups excluding carboxylic acids is 4. The predicted octanol–water partition coefficient (Wildman–Crippen LogP) is 7.25. The maximum absolute atomic E-state index is 13.5. The number of rotatable bonds is 12. The van der Waals surface area contributed by atoms with Gasteiger partial charge in [0.1, 0.15) is 23.5 Å². The molecule has 0 aliphatic carbocycles. The Kier molecular flexibility index (Phi) is 12.4. The number of nitrogens with zero attached hydrogens (tertiary/aromatic N) is 3. The Morgan fingerprint density at radius 3 is 2.00 bits per heavy atom. The fourth-order valence-corrected chi connectivity index (χ4v) is 6.77. The molecule has 4 amide bonds. The number of likely N-dealkylation sites (tertiary alicyclic amines) is 1. The molecule has 0 bridgehead atoms. The lowest BCUT2D eigenvalue weighted by Gasteiger charge is -2.30. The molecule has 3 atom stereocenters. The molecule has 0 radical (unpaired) electrons. The standard InChI is InChI=1S/C43H50N8O6/c1-26(2)36(49-41(54)56-6)39(53)51-22-10-13-35(51)37-44-24-33(46-37)30-18-14-28(15-19-30)29-16-20-31(21-17-29)34-25-45-40(47-34)50-38(52)32(23-27-11-8-7-9-12-27)48-42(55)57-43(3,4)5/h7-9,11-12,14-21,24-26,32,35-36H,10,13,22-23H2,1-6H3,(H,44,46)(H,48,55)(H,49,54)(H2,45,47,50,52). The zero-order chi connectivity index (χ0) is 40.7. The first kappa shape index (κ1) is 40.2. The van der Waals surface area contributed by atoms with E-state index in [1.165, 1.54) is 7.11 Å². The fraction of sp³-hybridized carbons (Fsp3) is 0.349. The van der Waals surface area contributed by atoms with Crippen LogP contribution in [0.25, 0.3) is 33.6 Å². The van der Waals surface area contributed by atoms with E-state index >= 15 is 0 Å². The van der Waals surface area contributed by atoms with Gasteiger partial charge in [0.05, 0.1) is 36.9 Å². The molecule has 3 unspecified atom stereocenters. The maximum atomic E-state index is 13.5. The second kappa shape index (κ2) is 17.6. The molecule has 3 aromatic carbocycles. The zero-order valence-electron chi connectivity index (χ0n) is 33.1. The van der Waals surface area contributed by atoms with Crippen molar-refractivity contribution in [2.75, 3.05) is 19.0 Å². The molecule has 6 rings (SSSR count). The smallest absolute Gasteiger partial charge is 0.408 e. The van der Waals surface area contributed by atoms with Crippen LogP contribution in [0.4, 0.5) is 15.5 Å². The molecular formula is C43H50N8O6. The molecule has 5 aromatic rings. The van der Waals surface area contributed by atoms with Crippen molar-refractivity contribution in [2.24, 2.45) is 5.92 Å². The Morgan fingerprint density at radius 2 is 1.40 bits per heavy atom. The van der Waals surface area contributed by atoms with Gasteiger partial charge < -0.3 is 35.0 Å². The second-order valence-electron chi connectivity index (χ2n) is 15.4. The summed E-state index contributed by atoms with van der Waals surface area (Å²) in [6.45, 7) is 9.66. The van der Waals surface area contributed by atoms with E-state index in [0.29, 0.717) is 18.1 Å². The Hall–Kier alpha value is -6.44. The highest BCUT2D eigenvalue weighted by atomic mass is 16.6. The summed E-state index contributed by atoms with van der Waals surface area (Å²) < 4.78 is 10.2. The van der Waals surface area contributed by atoms with Gasteiger partial charge >= 0.3 is 12.2 Å². The van der Waals surface area contributed by atoms with E-state index in [-0.39, 0.29) is 30.2 Å². The first-order valence-electron chi connectivity index (χ1n) is 19.1. The quantitative estimate of drug-likeness (QED) is 0.0878. The van der Waals surface area contributed by atoms with Gasteiger partial charge in [-0.3, -0.25) is 14.9 Å². The summed E-state index contributed by atoms with van der Waals surface area (Å²) in [4.78, 5) is 68.9. The molecular weight excluding hydrogens is 725 g/mol. The molecule has 298 valence electrons. The molecule has 0 saturated carbocycles. The summed E-state index contributed by atoms with van der Waals surface area (Å²) in [5.74, 6) is 0.267. The summed E-state index contributed by atoms with van der Waals surface area (Å²) in [6.07, 6.45) is 4.00. The average molecular weight is 775 g/mol. The number of hydrogen-bond donors (Lipinski definition) is 5. The number of ether oxygens (including phenoxy) is 2. The zero-order valence-corrected chi connectivity index (χ0v) is 33.1. The second-order valence-corrected chi connectivity index (χ2v) is 15.4. The first-order chi connectivity index (χ1) is 27.3. The first-order valence-corrected chi connectivity index (χ1v) is 19.1. The number of aromatic nitrogens is 4. The van der Waals surface area contributed by atoms with Crippen molar-refractivity contribution in [3.63, 3.8) is 0 Å². The van der Waals surface area contributed by atoms with Gasteiger partial charge in [-0.05, 0) is 67.3 Å². The number of carbonyl (C=O) groups is 4. The molecule has 1 saturated heterocycles. The normalized spacial score (nSPS) is 15.1. The number of amides is 4. The molecule has 0 spiro atoms. The molecule has 14 nitrogen and oxygen atoms in total. The minimum absolute atomic E-state index is 0.112. The lowest BCUT2D eigenvalue weighted by atomic mass is 10.0. The third-order valence-electron chi connectivity index (χ3n) is 9.67. The predicted molar refractivity (Wildman–Crippen MR) is 217 cm³/mol. The SMILES string of the molecule is COC(=O)NC(C(=O)N1CCCC1c1ncc(-c2ccc(-c3ccc(-c4cnc(NC(=O)C(Cc5ccccc5)NC(=O)OC(C)(C)C)[nH]4)cc3)cc2)[nH]1)C(C)C. The number of imidazole rings is 2. The number of alkyl carbamates (subject to hydrolysis) is 2. The Bertz CT molecular complexity index is 2160. The van der Waals surface area contributed by atoms with Crippen molar-refractivity contribution in [3.05, 3.63) is 103 Å². The van der Waals surface area contributed by atoms with E-state index in [4.69, 9.17) is 9.47 Å². The monoisotopic (exact) mass is 774 g/mol. The van der Waals surface area contributed by atoms with Crippen molar-refractivity contribution in [3.8, 4) is 33.6 Å². The van der Waals surface area contributed by atoms with Crippen LogP contribution in [-0.4, -0.2) is 80.2 Å². The van der Waals surface area contributed by atoms with E-state index in [1.807, 2.05) is 92.7 Å². The third-order valence-corrected chi connectivity index (χ3v) is 9.67. The van der Waals surface area contributed by atoms with Gasteiger partial charge in [0.25, 0.3) is 0 Å². The molecule has 57 heavy (non-hydrogen) atoms. The van der Waals surface area contributed by atoms with Gasteiger partial charge in [-0.1, -0.05) is 92.7 Å². The van der Waals surface area contributed by atoms with Crippen LogP contribution in [0.5, 0.6) is 0 Å². The Balaban J connectivity index is 1.09. The van der Waals surface area contributed by atoms with Crippen molar-refractivity contribution >= 4 is 29.9 Å². The van der Waals surface area contributed by atoms with E-state index in [0.717, 1.165) is 46.4 Å². The van der Waals surface area contributed by atoms with E-state index in [1.54, 1.807) is 38.1 Å². The molecule has 1 aliphatic rings. The summed E-state index contributed by atoms with van der Waals surface area (Å²) in [5.41, 5.74) is 5.59. The molecule has 1 aliphatic heterocycles. The minimum atomic E-state index is -0.897. The molecule has 2 aromatic heterocycles. The van der Waals surface area contributed by atoms with Gasteiger partial charge in [-0.25, -0.2) is 19.6 Å². The minimum Gasteiger partial charge on any atom is -0.453 e. The van der Waals surface area contributed by atoms with Gasteiger partial charge in [0.2, 0.25) is 17.8 Å². The van der Waals surface area contributed by atoms with Crippen LogP contribution in [-0.2, 0) is 25.5 Å². The number of hydrogen-bond acceptors (Lipinski definition) is 8. The van der Waals surface area contributed by atoms with Crippen LogP contribution in [0.1, 0.15) is 64.9 Å². The topological polar surface area (TPSA) is 183 Å². The molecule has 3 heterocycles. The van der Waals surface area contributed by atoms with Crippen LogP contribution in [0, 0.1) is 5.92 Å².